The first-order valence-corrected chi connectivity index (χ1v) is 8.96. The lowest BCUT2D eigenvalue weighted by molar-refractivity contribution is -0.137. The van der Waals surface area contributed by atoms with Crippen LogP contribution in [0.1, 0.15) is 24.0 Å². The van der Waals surface area contributed by atoms with E-state index in [-0.39, 0.29) is 50.3 Å². The number of morpholine rings is 1. The Kier molecular flexibility index (Phi) is 4.80. The predicted octanol–water partition coefficient (Wildman–Crippen LogP) is 2.61. The van der Waals surface area contributed by atoms with Gasteiger partial charge < -0.3 is 14.6 Å². The van der Waals surface area contributed by atoms with E-state index in [9.17, 15) is 14.3 Å². The molecule has 0 saturated carbocycles. The van der Waals surface area contributed by atoms with E-state index >= 15 is 0 Å². The van der Waals surface area contributed by atoms with E-state index in [0.29, 0.717) is 0 Å². The van der Waals surface area contributed by atoms with Crippen molar-refractivity contribution in [2.75, 3.05) is 13.2 Å². The van der Waals surface area contributed by atoms with Crippen molar-refractivity contribution in [3.8, 4) is 0 Å². The van der Waals surface area contributed by atoms with Crippen LogP contribution in [0, 0.1) is 5.82 Å². The maximum absolute atomic E-state index is 14.2. The zero-order valence-electron chi connectivity index (χ0n) is 14.8. The van der Waals surface area contributed by atoms with Gasteiger partial charge in [-0.1, -0.05) is 30.3 Å². The topological polar surface area (TPSA) is 71.9 Å². The molecule has 2 unspecified atom stereocenters. The van der Waals surface area contributed by atoms with Gasteiger partial charge in [0.15, 0.2) is 0 Å². The molecule has 1 aromatic heterocycles. The maximum atomic E-state index is 14.2. The van der Waals surface area contributed by atoms with Gasteiger partial charge in [0.25, 0.3) is 0 Å². The van der Waals surface area contributed by atoms with Gasteiger partial charge >= 0.3 is 6.09 Å². The number of fused-ring (bicyclic) bond motifs is 2. The average molecular weight is 372 g/mol. The summed E-state index contributed by atoms with van der Waals surface area (Å²) < 4.78 is 25.2. The van der Waals surface area contributed by atoms with Crippen LogP contribution in [0.4, 0.5) is 9.18 Å². The summed E-state index contributed by atoms with van der Waals surface area (Å²) in [6.45, 7) is 0.748. The standard InChI is InChI=1S/C20H21FN2O4/c21-18-10-22-7-6-17(18)20(25)8-15-12-26-13-16(9-20)23(15)19(24)27-11-14-4-2-1-3-5-14/h1-7,10,15-16,25H,8-9,11-13H2. The minimum Gasteiger partial charge on any atom is -0.445 e. The molecule has 2 aliphatic heterocycles. The number of rotatable bonds is 3. The van der Waals surface area contributed by atoms with Crippen LogP contribution in [-0.4, -0.2) is 46.4 Å². The number of hydrogen-bond donors (Lipinski definition) is 1. The van der Waals surface area contributed by atoms with E-state index in [1.54, 1.807) is 4.90 Å². The molecular weight excluding hydrogens is 351 g/mol. The first kappa shape index (κ1) is 17.9. The molecule has 1 N–H and O–H groups in total. The fraction of sp³-hybridized carbons (Fsp3) is 0.400. The second-order valence-electron chi connectivity index (χ2n) is 7.09. The minimum absolute atomic E-state index is 0.180. The third-order valence-corrected chi connectivity index (χ3v) is 5.24. The molecule has 2 fully saturated rings. The molecule has 0 spiro atoms. The van der Waals surface area contributed by atoms with Crippen molar-refractivity contribution in [3.05, 3.63) is 65.7 Å². The monoisotopic (exact) mass is 372 g/mol. The third kappa shape index (κ3) is 3.52. The SMILES string of the molecule is O=C(OCc1ccccc1)N1C2COCC1CC(O)(c1ccncc1F)C2. The summed E-state index contributed by atoms with van der Waals surface area (Å²) in [5, 5.41) is 11.1. The summed E-state index contributed by atoms with van der Waals surface area (Å²) in [7, 11) is 0. The highest BCUT2D eigenvalue weighted by atomic mass is 19.1. The maximum Gasteiger partial charge on any atom is 0.410 e. The number of ether oxygens (including phenoxy) is 2. The molecule has 1 aromatic carbocycles. The molecule has 1 amide bonds. The number of benzene rings is 1. The Hall–Kier alpha value is -2.51. The largest absolute Gasteiger partial charge is 0.445 e. The Labute approximate surface area is 156 Å². The first-order valence-electron chi connectivity index (χ1n) is 8.96. The second kappa shape index (κ2) is 7.25. The fourth-order valence-electron chi connectivity index (χ4n) is 4.04. The minimum atomic E-state index is -1.36. The first-order chi connectivity index (χ1) is 13.1. The summed E-state index contributed by atoms with van der Waals surface area (Å²) in [4.78, 5) is 18.1. The number of halogens is 1. The zero-order valence-corrected chi connectivity index (χ0v) is 14.8. The van der Waals surface area contributed by atoms with Crippen molar-refractivity contribution in [2.24, 2.45) is 0 Å². The predicted molar refractivity (Wildman–Crippen MR) is 94.2 cm³/mol. The number of carbonyl (C=O) groups excluding carboxylic acids is 1. The number of piperidine rings is 1. The molecule has 6 nitrogen and oxygen atoms in total. The highest BCUT2D eigenvalue weighted by molar-refractivity contribution is 5.69. The van der Waals surface area contributed by atoms with Gasteiger partial charge in [-0.25, -0.2) is 9.18 Å². The summed E-state index contributed by atoms with van der Waals surface area (Å²) in [6.07, 6.45) is 2.49. The van der Waals surface area contributed by atoms with Crippen LogP contribution in [0.5, 0.6) is 0 Å². The Morgan fingerprint density at radius 2 is 1.96 bits per heavy atom. The molecule has 2 aromatic rings. The molecule has 7 heteroatoms. The molecule has 2 atom stereocenters. The van der Waals surface area contributed by atoms with E-state index in [1.165, 1.54) is 12.3 Å². The molecular formula is C20H21FN2O4. The second-order valence-corrected chi connectivity index (χ2v) is 7.09. The van der Waals surface area contributed by atoms with Gasteiger partial charge in [0, 0.05) is 24.6 Å². The number of nitrogens with zero attached hydrogens (tertiary/aromatic N) is 2. The number of aliphatic hydroxyl groups is 1. The van der Waals surface area contributed by atoms with Crippen LogP contribution in [0.15, 0.2) is 48.8 Å². The summed E-state index contributed by atoms with van der Waals surface area (Å²) in [5.74, 6) is -0.543. The summed E-state index contributed by atoms with van der Waals surface area (Å²) >= 11 is 0. The molecule has 27 heavy (non-hydrogen) atoms. The molecule has 4 rings (SSSR count). The van der Waals surface area contributed by atoms with Crippen molar-refractivity contribution >= 4 is 6.09 Å². The van der Waals surface area contributed by atoms with Crippen LogP contribution >= 0.6 is 0 Å². The normalized spacial score (nSPS) is 27.3. The Bertz CT molecular complexity index is 803. The van der Waals surface area contributed by atoms with Gasteiger partial charge in [-0.2, -0.15) is 0 Å². The highest BCUT2D eigenvalue weighted by Crippen LogP contribution is 2.41. The smallest absolute Gasteiger partial charge is 0.410 e. The number of aromatic nitrogens is 1. The lowest BCUT2D eigenvalue weighted by atomic mass is 9.77. The molecule has 0 radical (unpaired) electrons. The highest BCUT2D eigenvalue weighted by Gasteiger charge is 2.50. The van der Waals surface area contributed by atoms with Crippen LogP contribution in [0.2, 0.25) is 0 Å². The number of hydrogen-bond acceptors (Lipinski definition) is 5. The quantitative estimate of drug-likeness (QED) is 0.897. The molecule has 2 saturated heterocycles. The Morgan fingerprint density at radius 1 is 1.26 bits per heavy atom. The molecule has 2 aliphatic rings. The number of carbonyl (C=O) groups is 1. The van der Waals surface area contributed by atoms with Crippen molar-refractivity contribution in [1.29, 1.82) is 0 Å². The molecule has 2 bridgehead atoms. The van der Waals surface area contributed by atoms with Crippen molar-refractivity contribution < 1.29 is 23.8 Å². The summed E-state index contributed by atoms with van der Waals surface area (Å²) in [5.41, 5.74) is -0.242. The van der Waals surface area contributed by atoms with Crippen molar-refractivity contribution in [3.63, 3.8) is 0 Å². The van der Waals surface area contributed by atoms with Crippen LogP contribution in [-0.2, 0) is 21.7 Å². The van der Waals surface area contributed by atoms with E-state index in [1.807, 2.05) is 30.3 Å². The zero-order chi connectivity index (χ0) is 18.9. The average Bonchev–Trinajstić information content (AvgIpc) is 2.66. The van der Waals surface area contributed by atoms with Crippen molar-refractivity contribution in [2.45, 2.75) is 37.1 Å². The van der Waals surface area contributed by atoms with Gasteiger partial charge in [-0.3, -0.25) is 9.88 Å². The van der Waals surface area contributed by atoms with Crippen LogP contribution in [0.3, 0.4) is 0 Å². The van der Waals surface area contributed by atoms with E-state index in [2.05, 4.69) is 4.98 Å². The molecule has 0 aliphatic carbocycles. The van der Waals surface area contributed by atoms with E-state index < -0.39 is 17.5 Å². The lowest BCUT2D eigenvalue weighted by Gasteiger charge is -2.50. The third-order valence-electron chi connectivity index (χ3n) is 5.24. The van der Waals surface area contributed by atoms with E-state index in [4.69, 9.17) is 9.47 Å². The lowest BCUT2D eigenvalue weighted by Crippen LogP contribution is -2.62. The van der Waals surface area contributed by atoms with Crippen LogP contribution in [0.25, 0.3) is 0 Å². The van der Waals surface area contributed by atoms with Gasteiger partial charge in [0.2, 0.25) is 0 Å². The number of amides is 1. The summed E-state index contributed by atoms with van der Waals surface area (Å²) in [6, 6.07) is 10.2. The van der Waals surface area contributed by atoms with Gasteiger partial charge in [0.05, 0.1) is 37.1 Å². The van der Waals surface area contributed by atoms with Gasteiger partial charge in [0.1, 0.15) is 12.4 Å². The van der Waals surface area contributed by atoms with Gasteiger partial charge in [-0.05, 0) is 11.6 Å². The van der Waals surface area contributed by atoms with Crippen molar-refractivity contribution in [1.82, 2.24) is 9.88 Å². The molecule has 3 heterocycles. The Balaban J connectivity index is 1.50. The molecule has 142 valence electrons. The fourth-order valence-corrected chi connectivity index (χ4v) is 4.04. The number of pyridine rings is 1. The van der Waals surface area contributed by atoms with Gasteiger partial charge in [-0.15, -0.1) is 0 Å². The van der Waals surface area contributed by atoms with E-state index in [0.717, 1.165) is 11.8 Å². The van der Waals surface area contributed by atoms with Crippen LogP contribution < -0.4 is 0 Å². The Morgan fingerprint density at radius 3 is 2.63 bits per heavy atom.